The molecule has 1 unspecified atom stereocenters. The Bertz CT molecular complexity index is 329. The lowest BCUT2D eigenvalue weighted by atomic mass is 9.94. The molecule has 1 aromatic carbocycles. The maximum absolute atomic E-state index is 3.49. The van der Waals surface area contributed by atoms with E-state index in [9.17, 15) is 0 Å². The molecule has 1 heteroatoms. The smallest absolute Gasteiger partial charge is 0.00229 e. The average Bonchev–Trinajstić information content (AvgIpc) is 2.52. The standard InChI is InChI=1S/C15H21N/c1-13-11-15(9-10-16-12-13)8-7-14-5-3-2-4-6-14/h2-8,13,15-16H,9-12H2,1H3/b8-7-/t13-,15?/m0/s1. The summed E-state index contributed by atoms with van der Waals surface area (Å²) in [5.41, 5.74) is 1.31. The van der Waals surface area contributed by atoms with Crippen molar-refractivity contribution in [1.82, 2.24) is 5.32 Å². The number of hydrogen-bond acceptors (Lipinski definition) is 1. The van der Waals surface area contributed by atoms with Crippen LogP contribution in [-0.4, -0.2) is 13.1 Å². The zero-order valence-corrected chi connectivity index (χ0v) is 10.0. The van der Waals surface area contributed by atoms with Gasteiger partial charge < -0.3 is 5.32 Å². The van der Waals surface area contributed by atoms with Crippen LogP contribution in [0.4, 0.5) is 0 Å². The molecule has 0 aromatic heterocycles. The Labute approximate surface area is 98.6 Å². The quantitative estimate of drug-likeness (QED) is 0.798. The van der Waals surface area contributed by atoms with Gasteiger partial charge in [0.25, 0.3) is 0 Å². The molecule has 2 atom stereocenters. The maximum Gasteiger partial charge on any atom is -0.00229 e. The van der Waals surface area contributed by atoms with Crippen molar-refractivity contribution in [1.29, 1.82) is 0 Å². The van der Waals surface area contributed by atoms with E-state index < -0.39 is 0 Å². The molecule has 1 fully saturated rings. The lowest BCUT2D eigenvalue weighted by Crippen LogP contribution is -2.18. The van der Waals surface area contributed by atoms with Crippen molar-refractivity contribution in [3.63, 3.8) is 0 Å². The second-order valence-electron chi connectivity index (χ2n) is 4.86. The molecule has 1 heterocycles. The molecule has 86 valence electrons. The van der Waals surface area contributed by atoms with E-state index in [0.29, 0.717) is 0 Å². The Morgan fingerprint density at radius 2 is 2.06 bits per heavy atom. The highest BCUT2D eigenvalue weighted by Gasteiger charge is 2.13. The van der Waals surface area contributed by atoms with Gasteiger partial charge in [-0.1, -0.05) is 49.4 Å². The Morgan fingerprint density at radius 1 is 1.25 bits per heavy atom. The number of benzene rings is 1. The molecule has 1 N–H and O–H groups in total. The molecule has 0 radical (unpaired) electrons. The molecule has 0 spiro atoms. The molecule has 1 aliphatic rings. The molecule has 0 aliphatic carbocycles. The molecule has 1 aromatic rings. The second kappa shape index (κ2) is 5.86. The van der Waals surface area contributed by atoms with Crippen molar-refractivity contribution in [2.75, 3.05) is 13.1 Å². The Morgan fingerprint density at radius 3 is 2.88 bits per heavy atom. The summed E-state index contributed by atoms with van der Waals surface area (Å²) in [4.78, 5) is 0. The minimum Gasteiger partial charge on any atom is -0.316 e. The fraction of sp³-hybridized carbons (Fsp3) is 0.467. The number of nitrogens with one attached hydrogen (secondary N) is 1. The average molecular weight is 215 g/mol. The van der Waals surface area contributed by atoms with Gasteiger partial charge >= 0.3 is 0 Å². The fourth-order valence-corrected chi connectivity index (χ4v) is 2.34. The molecule has 0 amide bonds. The largest absolute Gasteiger partial charge is 0.316 e. The van der Waals surface area contributed by atoms with Crippen molar-refractivity contribution < 1.29 is 0 Å². The maximum atomic E-state index is 3.49. The third kappa shape index (κ3) is 3.49. The van der Waals surface area contributed by atoms with Gasteiger partial charge in [-0.25, -0.2) is 0 Å². The molecule has 0 saturated carbocycles. The van der Waals surface area contributed by atoms with Crippen molar-refractivity contribution >= 4 is 6.08 Å². The van der Waals surface area contributed by atoms with Crippen LogP contribution in [0.25, 0.3) is 6.08 Å². The molecular formula is C15H21N. The predicted molar refractivity (Wildman–Crippen MR) is 70.2 cm³/mol. The molecule has 1 saturated heterocycles. The van der Waals surface area contributed by atoms with Gasteiger partial charge in [0.2, 0.25) is 0 Å². The van der Waals surface area contributed by atoms with Crippen LogP contribution in [0, 0.1) is 11.8 Å². The highest BCUT2D eigenvalue weighted by Crippen LogP contribution is 2.20. The molecular weight excluding hydrogens is 194 g/mol. The summed E-state index contributed by atoms with van der Waals surface area (Å²) in [5.74, 6) is 1.54. The van der Waals surface area contributed by atoms with Crippen molar-refractivity contribution in [3.05, 3.63) is 42.0 Å². The van der Waals surface area contributed by atoms with Crippen LogP contribution < -0.4 is 5.32 Å². The molecule has 2 rings (SSSR count). The van der Waals surface area contributed by atoms with E-state index in [2.05, 4.69) is 54.7 Å². The third-order valence-corrected chi connectivity index (χ3v) is 3.25. The molecule has 16 heavy (non-hydrogen) atoms. The summed E-state index contributed by atoms with van der Waals surface area (Å²) in [5, 5.41) is 3.49. The van der Waals surface area contributed by atoms with Gasteiger partial charge in [-0.2, -0.15) is 0 Å². The van der Waals surface area contributed by atoms with Crippen LogP contribution >= 0.6 is 0 Å². The van der Waals surface area contributed by atoms with Gasteiger partial charge in [0, 0.05) is 0 Å². The van der Waals surface area contributed by atoms with E-state index in [0.717, 1.165) is 18.4 Å². The van der Waals surface area contributed by atoms with Gasteiger partial charge in [0.05, 0.1) is 0 Å². The summed E-state index contributed by atoms with van der Waals surface area (Å²) < 4.78 is 0. The van der Waals surface area contributed by atoms with Crippen LogP contribution in [0.15, 0.2) is 36.4 Å². The zero-order chi connectivity index (χ0) is 11.2. The van der Waals surface area contributed by atoms with Crippen LogP contribution in [0.5, 0.6) is 0 Å². The van der Waals surface area contributed by atoms with Crippen molar-refractivity contribution in [3.8, 4) is 0 Å². The first kappa shape index (κ1) is 11.4. The number of allylic oxidation sites excluding steroid dienone is 1. The monoisotopic (exact) mass is 215 g/mol. The van der Waals surface area contributed by atoms with Crippen LogP contribution in [0.2, 0.25) is 0 Å². The Kier molecular flexibility index (Phi) is 4.17. The van der Waals surface area contributed by atoms with E-state index in [-0.39, 0.29) is 0 Å². The van der Waals surface area contributed by atoms with Crippen LogP contribution in [0.1, 0.15) is 25.3 Å². The summed E-state index contributed by atoms with van der Waals surface area (Å²) in [6.07, 6.45) is 7.24. The van der Waals surface area contributed by atoms with E-state index in [4.69, 9.17) is 0 Å². The van der Waals surface area contributed by atoms with Crippen molar-refractivity contribution in [2.45, 2.75) is 19.8 Å². The predicted octanol–water partition coefficient (Wildman–Crippen LogP) is 3.34. The summed E-state index contributed by atoms with van der Waals surface area (Å²) in [6.45, 7) is 4.67. The second-order valence-corrected chi connectivity index (χ2v) is 4.86. The molecule has 1 aliphatic heterocycles. The van der Waals surface area contributed by atoms with Crippen LogP contribution in [0.3, 0.4) is 0 Å². The van der Waals surface area contributed by atoms with E-state index >= 15 is 0 Å². The number of rotatable bonds is 2. The minimum atomic E-state index is 0.741. The third-order valence-electron chi connectivity index (χ3n) is 3.25. The summed E-state index contributed by atoms with van der Waals surface area (Å²) >= 11 is 0. The SMILES string of the molecule is C[C@@H]1CNCCC(/C=C\c2ccccc2)C1. The van der Waals surface area contributed by atoms with E-state index in [1.165, 1.54) is 24.9 Å². The highest BCUT2D eigenvalue weighted by molar-refractivity contribution is 5.48. The summed E-state index contributed by atoms with van der Waals surface area (Å²) in [7, 11) is 0. The van der Waals surface area contributed by atoms with Crippen LogP contribution in [-0.2, 0) is 0 Å². The first-order chi connectivity index (χ1) is 7.84. The first-order valence-electron chi connectivity index (χ1n) is 6.28. The minimum absolute atomic E-state index is 0.741. The van der Waals surface area contributed by atoms with Gasteiger partial charge in [-0.3, -0.25) is 0 Å². The van der Waals surface area contributed by atoms with Gasteiger partial charge in [-0.15, -0.1) is 0 Å². The lowest BCUT2D eigenvalue weighted by Gasteiger charge is -2.11. The lowest BCUT2D eigenvalue weighted by molar-refractivity contribution is 0.473. The molecule has 0 bridgehead atoms. The summed E-state index contributed by atoms with van der Waals surface area (Å²) in [6, 6.07) is 10.6. The van der Waals surface area contributed by atoms with E-state index in [1.54, 1.807) is 0 Å². The zero-order valence-electron chi connectivity index (χ0n) is 10.0. The fourth-order valence-electron chi connectivity index (χ4n) is 2.34. The number of hydrogen-bond donors (Lipinski definition) is 1. The normalized spacial score (nSPS) is 26.8. The first-order valence-corrected chi connectivity index (χ1v) is 6.28. The Balaban J connectivity index is 1.95. The van der Waals surface area contributed by atoms with Gasteiger partial charge in [-0.05, 0) is 43.3 Å². The Hall–Kier alpha value is -1.08. The molecule has 1 nitrogen and oxygen atoms in total. The van der Waals surface area contributed by atoms with Gasteiger partial charge in [0.15, 0.2) is 0 Å². The van der Waals surface area contributed by atoms with Crippen molar-refractivity contribution in [2.24, 2.45) is 11.8 Å². The van der Waals surface area contributed by atoms with E-state index in [1.807, 2.05) is 0 Å². The topological polar surface area (TPSA) is 12.0 Å². The highest BCUT2D eigenvalue weighted by atomic mass is 14.9. The van der Waals surface area contributed by atoms with Gasteiger partial charge in [0.1, 0.15) is 0 Å².